The Morgan fingerprint density at radius 3 is 2.75 bits per heavy atom. The van der Waals surface area contributed by atoms with Crippen molar-refractivity contribution in [2.75, 3.05) is 19.0 Å². The Balaban J connectivity index is 1.47. The number of nitrogens with one attached hydrogen (secondary N) is 1. The van der Waals surface area contributed by atoms with Gasteiger partial charge in [-0.15, -0.1) is 0 Å². The molecule has 32 heavy (non-hydrogen) atoms. The fraction of sp³-hybridized carbons (Fsp3) is 0.182. The standard InChI is InChI=1S/C22H17Cl2FN4O3/c1-32-19-5-2-12(8-17(19)25)21(31)29-7-6-18-13(11-29)10-26-22(27-18)28-20(30)15-9-14(23)3-4-16(15)24/h2-5,8-10H,6-7,11H2,1H3,(H,26,27,28,30). The van der Waals surface area contributed by atoms with Crippen molar-refractivity contribution in [3.63, 3.8) is 0 Å². The molecule has 0 aliphatic carbocycles. The van der Waals surface area contributed by atoms with Gasteiger partial charge < -0.3 is 9.64 Å². The number of methoxy groups -OCH3 is 1. The van der Waals surface area contributed by atoms with Gasteiger partial charge in [0.2, 0.25) is 5.95 Å². The Morgan fingerprint density at radius 2 is 2.00 bits per heavy atom. The van der Waals surface area contributed by atoms with Gasteiger partial charge in [-0.25, -0.2) is 14.4 Å². The first kappa shape index (κ1) is 22.0. The molecule has 0 saturated heterocycles. The molecule has 0 saturated carbocycles. The van der Waals surface area contributed by atoms with Crippen LogP contribution in [0, 0.1) is 5.82 Å². The topological polar surface area (TPSA) is 84.4 Å². The van der Waals surface area contributed by atoms with Gasteiger partial charge in [0, 0.05) is 41.9 Å². The van der Waals surface area contributed by atoms with Gasteiger partial charge in [-0.3, -0.25) is 14.9 Å². The first-order valence-electron chi connectivity index (χ1n) is 9.59. The summed E-state index contributed by atoms with van der Waals surface area (Å²) in [6.07, 6.45) is 2.02. The van der Waals surface area contributed by atoms with E-state index in [1.807, 2.05) is 0 Å². The van der Waals surface area contributed by atoms with Crippen LogP contribution in [0.2, 0.25) is 10.0 Å². The molecule has 0 unspecified atom stereocenters. The van der Waals surface area contributed by atoms with Crippen molar-refractivity contribution in [2.45, 2.75) is 13.0 Å². The fourth-order valence-corrected chi connectivity index (χ4v) is 3.75. The highest BCUT2D eigenvalue weighted by molar-refractivity contribution is 6.36. The second-order valence-corrected chi connectivity index (χ2v) is 7.91. The molecule has 0 fully saturated rings. The van der Waals surface area contributed by atoms with Crippen molar-refractivity contribution in [3.8, 4) is 5.75 Å². The maximum atomic E-state index is 14.0. The Morgan fingerprint density at radius 1 is 1.19 bits per heavy atom. The van der Waals surface area contributed by atoms with E-state index in [9.17, 15) is 14.0 Å². The molecule has 7 nitrogen and oxygen atoms in total. The molecular formula is C22H17Cl2FN4O3. The van der Waals surface area contributed by atoms with Gasteiger partial charge in [-0.2, -0.15) is 0 Å². The molecule has 2 amide bonds. The highest BCUT2D eigenvalue weighted by Crippen LogP contribution is 2.24. The minimum Gasteiger partial charge on any atom is -0.494 e. The molecule has 164 valence electrons. The number of anilines is 1. The number of nitrogens with zero attached hydrogens (tertiary/aromatic N) is 3. The summed E-state index contributed by atoms with van der Waals surface area (Å²) in [6.45, 7) is 0.667. The zero-order valence-electron chi connectivity index (χ0n) is 16.9. The molecule has 2 heterocycles. The summed E-state index contributed by atoms with van der Waals surface area (Å²) in [5.41, 5.74) is 1.91. The van der Waals surface area contributed by atoms with Crippen molar-refractivity contribution >= 4 is 41.0 Å². The Kier molecular flexibility index (Phi) is 6.25. The summed E-state index contributed by atoms with van der Waals surface area (Å²) in [5, 5.41) is 3.26. The Hall–Kier alpha value is -3.23. The van der Waals surface area contributed by atoms with E-state index in [1.165, 1.54) is 31.4 Å². The van der Waals surface area contributed by atoms with E-state index in [0.717, 1.165) is 17.3 Å². The summed E-state index contributed by atoms with van der Waals surface area (Å²) in [6, 6.07) is 8.69. The second-order valence-electron chi connectivity index (χ2n) is 7.07. The average molecular weight is 475 g/mol. The molecule has 3 aromatic rings. The first-order valence-corrected chi connectivity index (χ1v) is 10.4. The molecule has 1 aliphatic rings. The van der Waals surface area contributed by atoms with E-state index < -0.39 is 11.7 Å². The van der Waals surface area contributed by atoms with Crippen LogP contribution in [-0.4, -0.2) is 40.3 Å². The normalized spacial score (nSPS) is 12.8. The summed E-state index contributed by atoms with van der Waals surface area (Å²) in [5.74, 6) is -1.18. The number of carbonyl (C=O) groups is 2. The van der Waals surface area contributed by atoms with Gasteiger partial charge in [-0.05, 0) is 36.4 Å². The number of benzene rings is 2. The third-order valence-corrected chi connectivity index (χ3v) is 5.58. The number of aromatic nitrogens is 2. The smallest absolute Gasteiger partial charge is 0.259 e. The van der Waals surface area contributed by atoms with Crippen LogP contribution in [0.1, 0.15) is 32.0 Å². The van der Waals surface area contributed by atoms with Crippen LogP contribution in [0.3, 0.4) is 0 Å². The summed E-state index contributed by atoms with van der Waals surface area (Å²) < 4.78 is 18.9. The van der Waals surface area contributed by atoms with Gasteiger partial charge in [0.1, 0.15) is 0 Å². The highest BCUT2D eigenvalue weighted by Gasteiger charge is 2.24. The molecule has 10 heteroatoms. The number of rotatable bonds is 4. The number of amides is 2. The van der Waals surface area contributed by atoms with Crippen LogP contribution < -0.4 is 10.1 Å². The third kappa shape index (κ3) is 4.51. The molecule has 1 N–H and O–H groups in total. The van der Waals surface area contributed by atoms with Gasteiger partial charge >= 0.3 is 0 Å². The quantitative estimate of drug-likeness (QED) is 0.606. The lowest BCUT2D eigenvalue weighted by atomic mass is 10.1. The lowest BCUT2D eigenvalue weighted by Gasteiger charge is -2.28. The predicted molar refractivity (Wildman–Crippen MR) is 118 cm³/mol. The fourth-order valence-electron chi connectivity index (χ4n) is 3.37. The van der Waals surface area contributed by atoms with E-state index in [1.54, 1.807) is 17.2 Å². The molecule has 0 atom stereocenters. The molecule has 0 bridgehead atoms. The van der Waals surface area contributed by atoms with Crippen molar-refractivity contribution in [2.24, 2.45) is 0 Å². The second kappa shape index (κ2) is 9.10. The molecule has 0 spiro atoms. The average Bonchev–Trinajstić information content (AvgIpc) is 2.79. The van der Waals surface area contributed by atoms with Crippen molar-refractivity contribution in [1.82, 2.24) is 14.9 Å². The van der Waals surface area contributed by atoms with Gasteiger partial charge in [-0.1, -0.05) is 23.2 Å². The maximum Gasteiger partial charge on any atom is 0.259 e. The molecule has 1 aromatic heterocycles. The SMILES string of the molecule is COc1ccc(C(=O)N2CCc3nc(NC(=O)c4cc(Cl)ccc4Cl)ncc3C2)cc1F. The largest absolute Gasteiger partial charge is 0.494 e. The van der Waals surface area contributed by atoms with E-state index in [4.69, 9.17) is 27.9 Å². The van der Waals surface area contributed by atoms with Gasteiger partial charge in [0.15, 0.2) is 11.6 Å². The van der Waals surface area contributed by atoms with Gasteiger partial charge in [0.25, 0.3) is 11.8 Å². The highest BCUT2D eigenvalue weighted by atomic mass is 35.5. The predicted octanol–water partition coefficient (Wildman–Crippen LogP) is 4.38. The molecule has 4 rings (SSSR count). The molecule has 1 aliphatic heterocycles. The van der Waals surface area contributed by atoms with Crippen molar-refractivity contribution in [3.05, 3.63) is 80.8 Å². The molecule has 0 radical (unpaired) electrons. The number of carbonyl (C=O) groups excluding carboxylic acids is 2. The number of hydrogen-bond donors (Lipinski definition) is 1. The Bertz CT molecular complexity index is 1220. The van der Waals surface area contributed by atoms with E-state index in [-0.39, 0.29) is 40.3 Å². The number of hydrogen-bond acceptors (Lipinski definition) is 5. The van der Waals surface area contributed by atoms with Crippen LogP contribution in [0.5, 0.6) is 5.75 Å². The minimum absolute atomic E-state index is 0.0765. The van der Waals surface area contributed by atoms with E-state index in [2.05, 4.69) is 15.3 Å². The summed E-state index contributed by atoms with van der Waals surface area (Å²) in [7, 11) is 1.36. The van der Waals surface area contributed by atoms with Crippen LogP contribution in [0.25, 0.3) is 0 Å². The van der Waals surface area contributed by atoms with Gasteiger partial charge in [0.05, 0.1) is 23.4 Å². The van der Waals surface area contributed by atoms with Crippen LogP contribution >= 0.6 is 23.2 Å². The van der Waals surface area contributed by atoms with E-state index in [0.29, 0.717) is 18.0 Å². The van der Waals surface area contributed by atoms with Crippen LogP contribution in [0.15, 0.2) is 42.6 Å². The third-order valence-electron chi connectivity index (χ3n) is 5.02. The lowest BCUT2D eigenvalue weighted by Crippen LogP contribution is -2.36. The minimum atomic E-state index is -0.598. The monoisotopic (exact) mass is 474 g/mol. The number of halogens is 3. The van der Waals surface area contributed by atoms with Crippen molar-refractivity contribution < 1.29 is 18.7 Å². The number of fused-ring (bicyclic) bond motifs is 1. The molecule has 2 aromatic carbocycles. The van der Waals surface area contributed by atoms with Crippen LogP contribution in [-0.2, 0) is 13.0 Å². The Labute approximate surface area is 193 Å². The maximum absolute atomic E-state index is 14.0. The van der Waals surface area contributed by atoms with E-state index >= 15 is 0 Å². The summed E-state index contributed by atoms with van der Waals surface area (Å²) in [4.78, 5) is 35.5. The number of ether oxygens (including phenoxy) is 1. The zero-order valence-corrected chi connectivity index (χ0v) is 18.4. The zero-order chi connectivity index (χ0) is 22.8. The van der Waals surface area contributed by atoms with Crippen LogP contribution in [0.4, 0.5) is 10.3 Å². The summed E-state index contributed by atoms with van der Waals surface area (Å²) >= 11 is 12.0. The lowest BCUT2D eigenvalue weighted by molar-refractivity contribution is 0.0732. The first-order chi connectivity index (χ1) is 15.4. The molecular weight excluding hydrogens is 458 g/mol. The van der Waals surface area contributed by atoms with Crippen molar-refractivity contribution in [1.29, 1.82) is 0 Å².